The molecule has 11 heteroatoms. The summed E-state index contributed by atoms with van der Waals surface area (Å²) in [5.74, 6) is 0.207. The number of thiazole rings is 1. The number of amides is 1. The fourth-order valence-corrected chi connectivity index (χ4v) is 4.31. The quantitative estimate of drug-likeness (QED) is 0.769. The molecule has 0 unspecified atom stereocenters. The summed E-state index contributed by atoms with van der Waals surface area (Å²) in [4.78, 5) is 28.5. The average molecular weight is 413 g/mol. The Morgan fingerprint density at radius 2 is 2.14 bits per heavy atom. The van der Waals surface area contributed by atoms with Crippen LogP contribution in [0.3, 0.4) is 0 Å². The third-order valence-corrected chi connectivity index (χ3v) is 5.71. The predicted molar refractivity (Wildman–Crippen MR) is 94.6 cm³/mol. The molecule has 150 valence electrons. The van der Waals surface area contributed by atoms with Gasteiger partial charge < -0.3 is 14.5 Å². The minimum Gasteiger partial charge on any atom is -0.379 e. The normalized spacial score (nSPS) is 23.5. The van der Waals surface area contributed by atoms with Gasteiger partial charge in [-0.2, -0.15) is 13.2 Å². The van der Waals surface area contributed by atoms with Crippen LogP contribution >= 0.6 is 11.3 Å². The van der Waals surface area contributed by atoms with Gasteiger partial charge in [0.1, 0.15) is 17.8 Å². The number of carbonyl (C=O) groups excluding carboxylic acids is 1. The van der Waals surface area contributed by atoms with E-state index < -0.39 is 17.3 Å². The van der Waals surface area contributed by atoms with Gasteiger partial charge in [-0.15, -0.1) is 11.3 Å². The van der Waals surface area contributed by atoms with Crippen molar-refractivity contribution in [2.75, 3.05) is 37.7 Å². The smallest absolute Gasteiger partial charge is 0.379 e. The van der Waals surface area contributed by atoms with Crippen molar-refractivity contribution >= 4 is 23.1 Å². The van der Waals surface area contributed by atoms with Crippen LogP contribution in [0.25, 0.3) is 0 Å². The summed E-state index contributed by atoms with van der Waals surface area (Å²) in [7, 11) is 0. The van der Waals surface area contributed by atoms with Crippen LogP contribution in [0, 0.1) is 5.41 Å². The minimum absolute atomic E-state index is 0.0116. The second-order valence-electron chi connectivity index (χ2n) is 7.13. The molecule has 1 atom stereocenters. The minimum atomic E-state index is -4.54. The van der Waals surface area contributed by atoms with Crippen molar-refractivity contribution in [1.29, 1.82) is 0 Å². The molecule has 7 nitrogen and oxygen atoms in total. The van der Waals surface area contributed by atoms with Crippen molar-refractivity contribution in [1.82, 2.24) is 19.9 Å². The number of anilines is 1. The molecule has 0 aromatic carbocycles. The average Bonchev–Trinajstić information content (AvgIpc) is 3.20. The van der Waals surface area contributed by atoms with Gasteiger partial charge in [-0.25, -0.2) is 9.97 Å². The van der Waals surface area contributed by atoms with E-state index >= 15 is 0 Å². The Balaban J connectivity index is 1.54. The molecule has 1 spiro atoms. The molecule has 4 heterocycles. The van der Waals surface area contributed by atoms with E-state index in [-0.39, 0.29) is 11.7 Å². The Morgan fingerprint density at radius 1 is 1.29 bits per heavy atom. The summed E-state index contributed by atoms with van der Waals surface area (Å²) in [5, 5.41) is 0. The van der Waals surface area contributed by atoms with Gasteiger partial charge in [-0.1, -0.05) is 0 Å². The van der Waals surface area contributed by atoms with Gasteiger partial charge in [-0.05, 0) is 0 Å². The molecule has 0 bridgehead atoms. The molecular weight excluding hydrogens is 395 g/mol. The maximum atomic E-state index is 13.0. The number of hydrogen-bond donors (Lipinski definition) is 0. The summed E-state index contributed by atoms with van der Waals surface area (Å²) in [5.41, 5.74) is 0.253. The van der Waals surface area contributed by atoms with E-state index in [1.165, 1.54) is 11.3 Å². The van der Waals surface area contributed by atoms with Crippen LogP contribution < -0.4 is 4.90 Å². The van der Waals surface area contributed by atoms with Crippen LogP contribution in [0.4, 0.5) is 19.0 Å². The van der Waals surface area contributed by atoms with E-state index in [4.69, 9.17) is 4.74 Å². The zero-order chi connectivity index (χ0) is 19.8. The lowest BCUT2D eigenvalue weighted by Crippen LogP contribution is -2.41. The van der Waals surface area contributed by atoms with Gasteiger partial charge >= 0.3 is 6.18 Å². The van der Waals surface area contributed by atoms with Crippen molar-refractivity contribution in [2.24, 2.45) is 5.41 Å². The van der Waals surface area contributed by atoms with Gasteiger partial charge in [-0.3, -0.25) is 9.78 Å². The first kappa shape index (κ1) is 19.1. The van der Waals surface area contributed by atoms with Crippen LogP contribution in [0.2, 0.25) is 0 Å². The van der Waals surface area contributed by atoms with Crippen LogP contribution in [-0.4, -0.2) is 58.6 Å². The number of rotatable bonds is 3. The summed E-state index contributed by atoms with van der Waals surface area (Å²) in [6.07, 6.45) is -1.59. The Morgan fingerprint density at radius 3 is 2.89 bits per heavy atom. The first-order valence-corrected chi connectivity index (χ1v) is 9.60. The molecule has 0 N–H and O–H groups in total. The summed E-state index contributed by atoms with van der Waals surface area (Å²) in [6, 6.07) is 0.949. The molecule has 2 aliphatic heterocycles. The highest BCUT2D eigenvalue weighted by atomic mass is 32.1. The molecule has 4 rings (SSSR count). The van der Waals surface area contributed by atoms with E-state index in [0.717, 1.165) is 17.3 Å². The van der Waals surface area contributed by atoms with Crippen LogP contribution in [0.15, 0.2) is 24.1 Å². The molecule has 0 aliphatic carbocycles. The highest BCUT2D eigenvalue weighted by Crippen LogP contribution is 2.37. The van der Waals surface area contributed by atoms with Gasteiger partial charge in [0.15, 0.2) is 0 Å². The first-order chi connectivity index (χ1) is 13.3. The summed E-state index contributed by atoms with van der Waals surface area (Å²) < 4.78 is 44.7. The maximum Gasteiger partial charge on any atom is 0.433 e. The third-order valence-electron chi connectivity index (χ3n) is 4.94. The van der Waals surface area contributed by atoms with E-state index in [9.17, 15) is 18.0 Å². The fraction of sp³-hybridized carbons (Fsp3) is 0.529. The second-order valence-corrected chi connectivity index (χ2v) is 8.10. The molecule has 2 aromatic rings. The molecule has 0 saturated carbocycles. The standard InChI is InChI=1S/C17H18F3N5O2S/c18-17(19,20)13-3-14(23-10-22-13)24-1-2-27-9-16(7-24)4-15(26)25(8-16)6-12-5-21-11-28-12/h3,5,10-11H,1-2,4,6-9H2/t16-/m0/s1. The lowest BCUT2D eigenvalue weighted by atomic mass is 9.87. The zero-order valence-electron chi connectivity index (χ0n) is 14.9. The Bertz CT molecular complexity index is 848. The van der Waals surface area contributed by atoms with Crippen LogP contribution in [0.5, 0.6) is 0 Å². The maximum absolute atomic E-state index is 13.0. The van der Waals surface area contributed by atoms with Crippen LogP contribution in [0.1, 0.15) is 17.0 Å². The lowest BCUT2D eigenvalue weighted by molar-refractivity contribution is -0.141. The summed E-state index contributed by atoms with van der Waals surface area (Å²) in [6.45, 7) is 2.50. The molecule has 2 aromatic heterocycles. The second kappa shape index (κ2) is 7.28. The number of ether oxygens (including phenoxy) is 1. The van der Waals surface area contributed by atoms with E-state index in [1.807, 2.05) is 0 Å². The molecule has 28 heavy (non-hydrogen) atoms. The third kappa shape index (κ3) is 3.95. The molecule has 1 amide bonds. The van der Waals surface area contributed by atoms with Crippen molar-refractivity contribution in [3.63, 3.8) is 0 Å². The molecule has 0 radical (unpaired) electrons. The van der Waals surface area contributed by atoms with E-state index in [2.05, 4.69) is 15.0 Å². The van der Waals surface area contributed by atoms with E-state index in [1.54, 1.807) is 21.5 Å². The SMILES string of the molecule is O=C1C[C@@]2(COCCN(c3cc(C(F)(F)F)ncn3)C2)CN1Cc1cncs1. The van der Waals surface area contributed by atoms with E-state index in [0.29, 0.717) is 45.8 Å². The van der Waals surface area contributed by atoms with Gasteiger partial charge in [0.25, 0.3) is 0 Å². The van der Waals surface area contributed by atoms with Gasteiger partial charge in [0.05, 0.1) is 25.3 Å². The topological polar surface area (TPSA) is 71.5 Å². The number of likely N-dealkylation sites (tertiary alicyclic amines) is 1. The predicted octanol–water partition coefficient (Wildman–Crippen LogP) is 2.21. The number of nitrogens with zero attached hydrogens (tertiary/aromatic N) is 5. The molecule has 2 saturated heterocycles. The van der Waals surface area contributed by atoms with Crippen molar-refractivity contribution in [2.45, 2.75) is 19.1 Å². The number of aromatic nitrogens is 3. The summed E-state index contributed by atoms with van der Waals surface area (Å²) >= 11 is 1.48. The van der Waals surface area contributed by atoms with Gasteiger partial charge in [0.2, 0.25) is 5.91 Å². The Hall–Kier alpha value is -2.27. The first-order valence-electron chi connectivity index (χ1n) is 8.72. The lowest BCUT2D eigenvalue weighted by Gasteiger charge is -2.32. The fourth-order valence-electron chi connectivity index (χ4n) is 3.70. The van der Waals surface area contributed by atoms with Gasteiger partial charge in [0, 0.05) is 48.6 Å². The highest BCUT2D eigenvalue weighted by Gasteiger charge is 2.46. The largest absolute Gasteiger partial charge is 0.433 e. The highest BCUT2D eigenvalue weighted by molar-refractivity contribution is 7.09. The molecule has 2 fully saturated rings. The number of alkyl halides is 3. The zero-order valence-corrected chi connectivity index (χ0v) is 15.7. The molecule has 2 aliphatic rings. The Kier molecular flexibility index (Phi) is 4.96. The van der Waals surface area contributed by atoms with Crippen molar-refractivity contribution in [3.8, 4) is 0 Å². The van der Waals surface area contributed by atoms with Crippen molar-refractivity contribution in [3.05, 3.63) is 34.7 Å². The monoisotopic (exact) mass is 413 g/mol. The van der Waals surface area contributed by atoms with Crippen molar-refractivity contribution < 1.29 is 22.7 Å². The van der Waals surface area contributed by atoms with Crippen LogP contribution in [-0.2, 0) is 22.3 Å². The molecular formula is C17H18F3N5O2S. The number of carbonyl (C=O) groups is 1. The Labute approximate surface area is 163 Å². The number of halogens is 3. The number of hydrogen-bond acceptors (Lipinski definition) is 7.